The van der Waals surface area contributed by atoms with Crippen LogP contribution >= 0.6 is 0 Å². The van der Waals surface area contributed by atoms with Crippen molar-refractivity contribution in [3.8, 4) is 0 Å². The molecule has 0 saturated heterocycles. The Labute approximate surface area is 79.7 Å². The summed E-state index contributed by atoms with van der Waals surface area (Å²) in [5.74, 6) is -1.27. The van der Waals surface area contributed by atoms with Crippen LogP contribution in [0.5, 0.6) is 0 Å². The van der Waals surface area contributed by atoms with Gasteiger partial charge in [0, 0.05) is 0 Å². The van der Waals surface area contributed by atoms with Gasteiger partial charge in [0.15, 0.2) is 0 Å². The van der Waals surface area contributed by atoms with E-state index in [0.717, 1.165) is 12.1 Å². The standard InChI is InChI=1S/C9H8FNO3/c1-14-9(13)7-4-6(10)2-3-8(7)11-5-12/h2-5H,1H3,(H,11,12). The highest BCUT2D eigenvalue weighted by molar-refractivity contribution is 5.97. The molecule has 0 heterocycles. The number of rotatable bonds is 3. The normalized spacial score (nSPS) is 9.29. The smallest absolute Gasteiger partial charge is 0.340 e. The van der Waals surface area contributed by atoms with Gasteiger partial charge in [0.25, 0.3) is 0 Å². The first-order chi connectivity index (χ1) is 6.69. The Hall–Kier alpha value is -1.91. The summed E-state index contributed by atoms with van der Waals surface area (Å²) in [7, 11) is 1.18. The lowest BCUT2D eigenvalue weighted by molar-refractivity contribution is -0.105. The van der Waals surface area contributed by atoms with E-state index in [1.807, 2.05) is 0 Å². The summed E-state index contributed by atoms with van der Waals surface area (Å²) in [5.41, 5.74) is 0.202. The number of halogens is 1. The number of benzene rings is 1. The zero-order valence-corrected chi connectivity index (χ0v) is 7.41. The maximum atomic E-state index is 12.8. The van der Waals surface area contributed by atoms with Crippen LogP contribution in [0.4, 0.5) is 10.1 Å². The van der Waals surface area contributed by atoms with Crippen molar-refractivity contribution in [2.24, 2.45) is 0 Å². The molecule has 1 N–H and O–H groups in total. The fourth-order valence-electron chi connectivity index (χ4n) is 0.985. The van der Waals surface area contributed by atoms with Crippen LogP contribution < -0.4 is 5.32 Å². The molecule has 0 aliphatic heterocycles. The van der Waals surface area contributed by atoms with Crippen LogP contribution in [0.3, 0.4) is 0 Å². The number of anilines is 1. The highest BCUT2D eigenvalue weighted by Gasteiger charge is 2.12. The van der Waals surface area contributed by atoms with Gasteiger partial charge in [-0.1, -0.05) is 0 Å². The van der Waals surface area contributed by atoms with Crippen LogP contribution in [0.1, 0.15) is 10.4 Å². The van der Waals surface area contributed by atoms with E-state index in [0.29, 0.717) is 6.41 Å². The molecule has 1 rings (SSSR count). The third-order valence-corrected chi connectivity index (χ3v) is 1.60. The number of amides is 1. The van der Waals surface area contributed by atoms with Crippen molar-refractivity contribution in [1.82, 2.24) is 0 Å². The Morgan fingerprint density at radius 3 is 2.86 bits per heavy atom. The molecule has 0 fully saturated rings. The maximum absolute atomic E-state index is 12.8. The molecule has 14 heavy (non-hydrogen) atoms. The quantitative estimate of drug-likeness (QED) is 0.584. The molecule has 5 heteroatoms. The number of hydrogen-bond donors (Lipinski definition) is 1. The summed E-state index contributed by atoms with van der Waals surface area (Å²) in [4.78, 5) is 21.3. The molecule has 0 atom stereocenters. The lowest BCUT2D eigenvalue weighted by Crippen LogP contribution is -2.07. The molecule has 0 aromatic heterocycles. The van der Waals surface area contributed by atoms with Gasteiger partial charge in [0.1, 0.15) is 5.82 Å². The topological polar surface area (TPSA) is 55.4 Å². The molecule has 0 aliphatic rings. The SMILES string of the molecule is COC(=O)c1cc(F)ccc1NC=O. The molecule has 74 valence electrons. The zero-order valence-electron chi connectivity index (χ0n) is 7.41. The third-order valence-electron chi connectivity index (χ3n) is 1.60. The van der Waals surface area contributed by atoms with Gasteiger partial charge in [-0.2, -0.15) is 0 Å². The number of ether oxygens (including phenoxy) is 1. The van der Waals surface area contributed by atoms with E-state index in [-0.39, 0.29) is 11.3 Å². The molecule has 4 nitrogen and oxygen atoms in total. The predicted molar refractivity (Wildman–Crippen MR) is 47.4 cm³/mol. The molecule has 0 aliphatic carbocycles. The van der Waals surface area contributed by atoms with Gasteiger partial charge in [-0.15, -0.1) is 0 Å². The van der Waals surface area contributed by atoms with E-state index < -0.39 is 11.8 Å². The summed E-state index contributed by atoms with van der Waals surface area (Å²) >= 11 is 0. The maximum Gasteiger partial charge on any atom is 0.340 e. The minimum absolute atomic E-state index is 0.0143. The highest BCUT2D eigenvalue weighted by Crippen LogP contribution is 2.17. The molecule has 1 amide bonds. The van der Waals surface area contributed by atoms with Gasteiger partial charge in [0.2, 0.25) is 6.41 Å². The summed E-state index contributed by atoms with van der Waals surface area (Å²) in [5, 5.41) is 2.27. The molecule has 0 bridgehead atoms. The van der Waals surface area contributed by atoms with E-state index in [9.17, 15) is 14.0 Å². The van der Waals surface area contributed by atoms with E-state index in [1.54, 1.807) is 0 Å². The van der Waals surface area contributed by atoms with Gasteiger partial charge >= 0.3 is 5.97 Å². The summed E-state index contributed by atoms with van der Waals surface area (Å²) < 4.78 is 17.2. The number of nitrogens with one attached hydrogen (secondary N) is 1. The number of methoxy groups -OCH3 is 1. The molecule has 0 radical (unpaired) electrons. The van der Waals surface area contributed by atoms with Crippen molar-refractivity contribution in [1.29, 1.82) is 0 Å². The van der Waals surface area contributed by atoms with Crippen LogP contribution in [-0.4, -0.2) is 19.5 Å². The van der Waals surface area contributed by atoms with Gasteiger partial charge in [-0.25, -0.2) is 9.18 Å². The number of carbonyl (C=O) groups is 2. The first-order valence-electron chi connectivity index (χ1n) is 3.77. The first-order valence-corrected chi connectivity index (χ1v) is 3.77. The molecule has 0 unspecified atom stereocenters. The van der Waals surface area contributed by atoms with Crippen LogP contribution in [0.2, 0.25) is 0 Å². The van der Waals surface area contributed by atoms with E-state index in [4.69, 9.17) is 0 Å². The third kappa shape index (κ3) is 2.07. The largest absolute Gasteiger partial charge is 0.465 e. The molecule has 1 aromatic carbocycles. The second-order valence-corrected chi connectivity index (χ2v) is 2.44. The highest BCUT2D eigenvalue weighted by atomic mass is 19.1. The fourth-order valence-corrected chi connectivity index (χ4v) is 0.985. The summed E-state index contributed by atoms with van der Waals surface area (Å²) in [6.45, 7) is 0. The minimum Gasteiger partial charge on any atom is -0.465 e. The summed E-state index contributed by atoms with van der Waals surface area (Å²) in [6.07, 6.45) is 0.402. The Morgan fingerprint density at radius 2 is 2.29 bits per heavy atom. The Balaban J connectivity index is 3.14. The van der Waals surface area contributed by atoms with Crippen LogP contribution in [0.15, 0.2) is 18.2 Å². The van der Waals surface area contributed by atoms with Crippen molar-refractivity contribution in [2.75, 3.05) is 12.4 Å². The van der Waals surface area contributed by atoms with Crippen molar-refractivity contribution in [3.63, 3.8) is 0 Å². The summed E-state index contributed by atoms with van der Waals surface area (Å²) in [6, 6.07) is 3.42. The lowest BCUT2D eigenvalue weighted by atomic mass is 10.2. The first kappa shape index (κ1) is 10.2. The van der Waals surface area contributed by atoms with Gasteiger partial charge in [-0.3, -0.25) is 4.79 Å². The monoisotopic (exact) mass is 197 g/mol. The average molecular weight is 197 g/mol. The Bertz CT molecular complexity index is 365. The van der Waals surface area contributed by atoms with Gasteiger partial charge < -0.3 is 10.1 Å². The second kappa shape index (κ2) is 4.36. The minimum atomic E-state index is -0.700. The average Bonchev–Trinajstić information content (AvgIpc) is 2.20. The van der Waals surface area contributed by atoms with Gasteiger partial charge in [-0.05, 0) is 18.2 Å². The Kier molecular flexibility index (Phi) is 3.17. The molecular weight excluding hydrogens is 189 g/mol. The second-order valence-electron chi connectivity index (χ2n) is 2.44. The fraction of sp³-hybridized carbons (Fsp3) is 0.111. The van der Waals surface area contributed by atoms with E-state index >= 15 is 0 Å². The molecule has 0 saturated carbocycles. The zero-order chi connectivity index (χ0) is 10.6. The number of hydrogen-bond acceptors (Lipinski definition) is 3. The van der Waals surface area contributed by atoms with Gasteiger partial charge in [0.05, 0.1) is 18.4 Å². The molecule has 0 spiro atoms. The van der Waals surface area contributed by atoms with Crippen molar-refractivity contribution < 1.29 is 18.7 Å². The van der Waals surface area contributed by atoms with Crippen LogP contribution in [-0.2, 0) is 9.53 Å². The molecule has 1 aromatic rings. The number of carbonyl (C=O) groups excluding carboxylic acids is 2. The van der Waals surface area contributed by atoms with Crippen molar-refractivity contribution in [2.45, 2.75) is 0 Å². The van der Waals surface area contributed by atoms with Crippen LogP contribution in [0, 0.1) is 5.82 Å². The van der Waals surface area contributed by atoms with Crippen molar-refractivity contribution >= 4 is 18.1 Å². The Morgan fingerprint density at radius 1 is 1.57 bits per heavy atom. The van der Waals surface area contributed by atoms with E-state index in [2.05, 4.69) is 10.1 Å². The number of esters is 1. The van der Waals surface area contributed by atoms with E-state index in [1.165, 1.54) is 13.2 Å². The van der Waals surface area contributed by atoms with Crippen LogP contribution in [0.25, 0.3) is 0 Å². The molecular formula is C9H8FNO3. The predicted octanol–water partition coefficient (Wildman–Crippen LogP) is 1.18. The lowest BCUT2D eigenvalue weighted by Gasteiger charge is -2.05. The van der Waals surface area contributed by atoms with Crippen molar-refractivity contribution in [3.05, 3.63) is 29.6 Å².